The Balaban J connectivity index is 1.55. The molecule has 3 amide bonds. The van der Waals surface area contributed by atoms with E-state index in [4.69, 9.17) is 11.6 Å². The Hall–Kier alpha value is -2.61. The van der Waals surface area contributed by atoms with Crippen LogP contribution < -0.4 is 10.2 Å². The second kappa shape index (κ2) is 7.09. The van der Waals surface area contributed by atoms with Crippen molar-refractivity contribution in [3.05, 3.63) is 40.9 Å². The fraction of sp³-hybridized carbons (Fsp3) is 0.421. The van der Waals surface area contributed by atoms with E-state index in [2.05, 4.69) is 10.4 Å². The average molecular weight is 406 g/mol. The van der Waals surface area contributed by atoms with Gasteiger partial charge in [0, 0.05) is 18.7 Å². The van der Waals surface area contributed by atoms with Crippen molar-refractivity contribution < 1.29 is 14.0 Å². The summed E-state index contributed by atoms with van der Waals surface area (Å²) >= 11 is 5.79. The van der Waals surface area contributed by atoms with Crippen LogP contribution in [0.2, 0.25) is 5.02 Å². The Morgan fingerprint density at radius 3 is 2.79 bits per heavy atom. The molecule has 0 bridgehead atoms. The van der Waals surface area contributed by atoms with Gasteiger partial charge < -0.3 is 15.1 Å². The molecule has 2 atom stereocenters. The van der Waals surface area contributed by atoms with E-state index >= 15 is 0 Å². The van der Waals surface area contributed by atoms with Crippen LogP contribution >= 0.6 is 11.6 Å². The first-order valence-corrected chi connectivity index (χ1v) is 9.59. The van der Waals surface area contributed by atoms with Gasteiger partial charge in [0.05, 0.1) is 41.7 Å². The molecular weight excluding hydrogens is 385 g/mol. The van der Waals surface area contributed by atoms with Crippen molar-refractivity contribution in [1.82, 2.24) is 14.7 Å². The summed E-state index contributed by atoms with van der Waals surface area (Å²) in [6, 6.07) is 3.65. The lowest BCUT2D eigenvalue weighted by Gasteiger charge is -2.35. The number of benzene rings is 1. The highest BCUT2D eigenvalue weighted by molar-refractivity contribution is 6.31. The summed E-state index contributed by atoms with van der Waals surface area (Å²) < 4.78 is 15.2. The molecule has 2 aromatic rings. The molecule has 0 radical (unpaired) electrons. The number of nitrogens with one attached hydrogen (secondary N) is 1. The number of hydrogen-bond acceptors (Lipinski definition) is 3. The van der Waals surface area contributed by atoms with Crippen molar-refractivity contribution in [3.8, 4) is 0 Å². The summed E-state index contributed by atoms with van der Waals surface area (Å²) in [5.41, 5.74) is 2.03. The van der Waals surface area contributed by atoms with Crippen molar-refractivity contribution in [1.29, 1.82) is 0 Å². The second-order valence-electron chi connectivity index (χ2n) is 7.51. The third kappa shape index (κ3) is 3.32. The predicted molar refractivity (Wildman–Crippen MR) is 104 cm³/mol. The lowest BCUT2D eigenvalue weighted by atomic mass is 10.1. The number of carbonyl (C=O) groups is 2. The van der Waals surface area contributed by atoms with Crippen molar-refractivity contribution in [3.63, 3.8) is 0 Å². The maximum absolute atomic E-state index is 13.3. The number of carbonyl (C=O) groups excluding carboxylic acids is 2. The molecule has 9 heteroatoms. The molecular formula is C19H21ClFN5O2. The maximum atomic E-state index is 13.3. The van der Waals surface area contributed by atoms with Crippen LogP contribution in [0.5, 0.6) is 0 Å². The summed E-state index contributed by atoms with van der Waals surface area (Å²) in [6.07, 6.45) is 2.23. The monoisotopic (exact) mass is 405 g/mol. The van der Waals surface area contributed by atoms with E-state index in [1.807, 2.05) is 18.5 Å². The van der Waals surface area contributed by atoms with Gasteiger partial charge in [0.1, 0.15) is 5.82 Å². The third-order valence-electron chi connectivity index (χ3n) is 5.26. The predicted octanol–water partition coefficient (Wildman–Crippen LogP) is 3.48. The molecule has 2 aliphatic rings. The zero-order valence-electron chi connectivity index (χ0n) is 15.7. The van der Waals surface area contributed by atoms with Gasteiger partial charge in [0.25, 0.3) is 0 Å². The first kappa shape index (κ1) is 18.7. The number of rotatable bonds is 2. The molecule has 1 aromatic heterocycles. The van der Waals surface area contributed by atoms with E-state index < -0.39 is 5.82 Å². The first-order valence-electron chi connectivity index (χ1n) is 9.21. The van der Waals surface area contributed by atoms with E-state index in [-0.39, 0.29) is 23.0 Å². The van der Waals surface area contributed by atoms with Gasteiger partial charge in [-0.15, -0.1) is 0 Å². The van der Waals surface area contributed by atoms with Crippen LogP contribution in [-0.2, 0) is 17.9 Å². The molecule has 3 heterocycles. The van der Waals surface area contributed by atoms with Crippen molar-refractivity contribution in [2.24, 2.45) is 5.92 Å². The van der Waals surface area contributed by atoms with Gasteiger partial charge in [-0.1, -0.05) is 18.5 Å². The number of aromatic nitrogens is 2. The Morgan fingerprint density at radius 2 is 2.11 bits per heavy atom. The first-order chi connectivity index (χ1) is 13.3. The normalized spacial score (nSPS) is 21.8. The zero-order valence-corrected chi connectivity index (χ0v) is 16.4. The molecule has 0 saturated carbocycles. The van der Waals surface area contributed by atoms with Gasteiger partial charge in [-0.05, 0) is 31.0 Å². The number of urea groups is 1. The number of hydrogen-bond donors (Lipinski definition) is 1. The molecule has 2 unspecified atom stereocenters. The average Bonchev–Trinajstić information content (AvgIpc) is 3.19. The van der Waals surface area contributed by atoms with E-state index in [1.165, 1.54) is 18.2 Å². The van der Waals surface area contributed by atoms with Gasteiger partial charge in [0.2, 0.25) is 5.91 Å². The molecule has 1 saturated heterocycles. The fourth-order valence-electron chi connectivity index (χ4n) is 3.77. The standard InChI is InChI=1S/C19H21ClFN5O2/c1-11-5-18(27)25(8-11)16-7-22-26-9-12(2)24(10-17(16)26)19(28)23-13-3-4-15(21)14(20)6-13/h3-4,6-7,11-12H,5,8-10H2,1-2H3,(H,23,28). The second-order valence-corrected chi connectivity index (χ2v) is 7.92. The van der Waals surface area contributed by atoms with Gasteiger partial charge in [-0.2, -0.15) is 5.10 Å². The van der Waals surface area contributed by atoms with E-state index in [0.29, 0.717) is 37.7 Å². The molecule has 2 aliphatic heterocycles. The highest BCUT2D eigenvalue weighted by Crippen LogP contribution is 2.31. The van der Waals surface area contributed by atoms with E-state index in [0.717, 1.165) is 11.4 Å². The molecule has 1 aromatic carbocycles. The van der Waals surface area contributed by atoms with Crippen molar-refractivity contribution in [2.75, 3.05) is 16.8 Å². The summed E-state index contributed by atoms with van der Waals surface area (Å²) in [5, 5.41) is 7.13. The Kier molecular flexibility index (Phi) is 4.74. The largest absolute Gasteiger partial charge is 0.322 e. The van der Waals surface area contributed by atoms with Gasteiger partial charge in [0.15, 0.2) is 0 Å². The smallest absolute Gasteiger partial charge is 0.314 e. The van der Waals surface area contributed by atoms with Crippen LogP contribution in [0.1, 0.15) is 26.0 Å². The van der Waals surface area contributed by atoms with E-state index in [1.54, 1.807) is 16.0 Å². The Bertz CT molecular complexity index is 946. The lowest BCUT2D eigenvalue weighted by Crippen LogP contribution is -2.47. The van der Waals surface area contributed by atoms with Crippen molar-refractivity contribution >= 4 is 34.9 Å². The van der Waals surface area contributed by atoms with Crippen LogP contribution in [0.3, 0.4) is 0 Å². The van der Waals surface area contributed by atoms with Crippen LogP contribution in [0.25, 0.3) is 0 Å². The molecule has 1 fully saturated rings. The SMILES string of the molecule is CC1CC(=O)N(c2cnn3c2CN(C(=O)Nc2ccc(F)c(Cl)c2)C(C)C3)C1. The van der Waals surface area contributed by atoms with Crippen LogP contribution in [-0.4, -0.2) is 39.2 Å². The van der Waals surface area contributed by atoms with Gasteiger partial charge in [-0.25, -0.2) is 9.18 Å². The number of fused-ring (bicyclic) bond motifs is 1. The van der Waals surface area contributed by atoms with Crippen LogP contribution in [0.4, 0.5) is 20.6 Å². The number of amides is 3. The highest BCUT2D eigenvalue weighted by Gasteiger charge is 2.35. The molecule has 148 valence electrons. The summed E-state index contributed by atoms with van der Waals surface area (Å²) in [7, 11) is 0. The quantitative estimate of drug-likeness (QED) is 0.831. The minimum absolute atomic E-state index is 0.0495. The molecule has 0 aliphatic carbocycles. The van der Waals surface area contributed by atoms with E-state index in [9.17, 15) is 14.0 Å². The number of halogens is 2. The minimum atomic E-state index is -0.538. The van der Waals surface area contributed by atoms with Gasteiger partial charge in [-0.3, -0.25) is 9.48 Å². The topological polar surface area (TPSA) is 70.5 Å². The number of anilines is 2. The maximum Gasteiger partial charge on any atom is 0.322 e. The summed E-state index contributed by atoms with van der Waals surface area (Å²) in [6.45, 7) is 5.50. The highest BCUT2D eigenvalue weighted by atomic mass is 35.5. The molecule has 4 rings (SSSR count). The number of nitrogens with zero attached hydrogens (tertiary/aromatic N) is 4. The van der Waals surface area contributed by atoms with Gasteiger partial charge >= 0.3 is 6.03 Å². The zero-order chi connectivity index (χ0) is 20.0. The molecule has 1 N–H and O–H groups in total. The molecule has 0 spiro atoms. The van der Waals surface area contributed by atoms with Crippen LogP contribution in [0, 0.1) is 11.7 Å². The van der Waals surface area contributed by atoms with Crippen LogP contribution in [0.15, 0.2) is 24.4 Å². The Labute approximate surface area is 167 Å². The Morgan fingerprint density at radius 1 is 1.32 bits per heavy atom. The molecule has 28 heavy (non-hydrogen) atoms. The summed E-state index contributed by atoms with van der Waals surface area (Å²) in [5.74, 6) is -0.156. The lowest BCUT2D eigenvalue weighted by molar-refractivity contribution is -0.117. The van der Waals surface area contributed by atoms with Crippen molar-refractivity contribution in [2.45, 2.75) is 39.4 Å². The third-order valence-corrected chi connectivity index (χ3v) is 5.55. The molecule has 7 nitrogen and oxygen atoms in total. The minimum Gasteiger partial charge on any atom is -0.314 e. The summed E-state index contributed by atoms with van der Waals surface area (Å²) in [4.78, 5) is 28.6. The fourth-order valence-corrected chi connectivity index (χ4v) is 3.95.